The van der Waals surface area contributed by atoms with Crippen molar-refractivity contribution >= 4 is 56.4 Å². The Kier molecular flexibility index (Phi) is 12.0. The molecule has 47 heavy (non-hydrogen) atoms. The zero-order valence-electron chi connectivity index (χ0n) is 25.8. The second-order valence-corrected chi connectivity index (χ2v) is 13.9. The first-order chi connectivity index (χ1) is 22.4. The summed E-state index contributed by atoms with van der Waals surface area (Å²) in [5.41, 5.74) is 0.882. The molecule has 0 aromatic heterocycles. The predicted octanol–water partition coefficient (Wildman–Crippen LogP) is 6.51. The summed E-state index contributed by atoms with van der Waals surface area (Å²) in [6.45, 7) is 3.35. The average Bonchev–Trinajstić information content (AvgIpc) is 3.06. The zero-order chi connectivity index (χ0) is 34.1. The Morgan fingerprint density at radius 2 is 1.51 bits per heavy atom. The van der Waals surface area contributed by atoms with Gasteiger partial charge in [-0.05, 0) is 47.4 Å². The molecule has 0 aliphatic carbocycles. The molecule has 13 heteroatoms. The fraction of sp³-hybridized carbons (Fsp3) is 0.235. The molecular formula is C34H34Cl2N4O6S. The lowest BCUT2D eigenvalue weighted by molar-refractivity contribution is -0.384. The van der Waals surface area contributed by atoms with E-state index in [9.17, 15) is 28.1 Å². The third-order valence-corrected chi connectivity index (χ3v) is 9.76. The van der Waals surface area contributed by atoms with Crippen molar-refractivity contribution in [3.05, 3.63) is 134 Å². The van der Waals surface area contributed by atoms with Crippen LogP contribution < -0.4 is 9.62 Å². The van der Waals surface area contributed by atoms with Crippen molar-refractivity contribution in [1.82, 2.24) is 10.2 Å². The molecule has 0 fully saturated rings. The summed E-state index contributed by atoms with van der Waals surface area (Å²) >= 11 is 12.5. The van der Waals surface area contributed by atoms with Gasteiger partial charge in [-0.25, -0.2) is 8.42 Å². The molecule has 1 atom stereocenters. The maximum absolute atomic E-state index is 14.5. The molecule has 246 valence electrons. The van der Waals surface area contributed by atoms with E-state index in [2.05, 4.69) is 5.32 Å². The second-order valence-electron chi connectivity index (χ2n) is 11.2. The fourth-order valence-corrected chi connectivity index (χ4v) is 6.57. The number of non-ortho nitro benzene ring substituents is 1. The van der Waals surface area contributed by atoms with Crippen LogP contribution in [-0.4, -0.2) is 49.2 Å². The Bertz CT molecular complexity index is 1830. The van der Waals surface area contributed by atoms with Crippen LogP contribution in [0.15, 0.2) is 108 Å². The van der Waals surface area contributed by atoms with Crippen LogP contribution in [0.3, 0.4) is 0 Å². The van der Waals surface area contributed by atoms with Gasteiger partial charge in [0.2, 0.25) is 11.8 Å². The van der Waals surface area contributed by atoms with Crippen LogP contribution in [0, 0.1) is 16.0 Å². The number of anilines is 1. The lowest BCUT2D eigenvalue weighted by atomic mass is 10.0. The van der Waals surface area contributed by atoms with Gasteiger partial charge in [-0.1, -0.05) is 97.7 Å². The van der Waals surface area contributed by atoms with Crippen LogP contribution in [-0.2, 0) is 32.6 Å². The molecule has 0 saturated heterocycles. The van der Waals surface area contributed by atoms with Crippen molar-refractivity contribution in [3.8, 4) is 0 Å². The average molecular weight is 698 g/mol. The molecule has 0 aliphatic rings. The van der Waals surface area contributed by atoms with E-state index in [4.69, 9.17) is 23.2 Å². The van der Waals surface area contributed by atoms with Crippen molar-refractivity contribution in [2.75, 3.05) is 17.4 Å². The number of carbonyl (C=O) groups is 2. The summed E-state index contributed by atoms with van der Waals surface area (Å²) < 4.78 is 28.9. The highest BCUT2D eigenvalue weighted by Gasteiger charge is 2.35. The number of sulfonamides is 1. The van der Waals surface area contributed by atoms with E-state index in [1.807, 2.05) is 44.2 Å². The van der Waals surface area contributed by atoms with Crippen molar-refractivity contribution < 1.29 is 22.9 Å². The first-order valence-electron chi connectivity index (χ1n) is 14.7. The first kappa shape index (κ1) is 35.4. The fourth-order valence-electron chi connectivity index (χ4n) is 4.82. The molecule has 2 amide bonds. The number of amides is 2. The van der Waals surface area contributed by atoms with E-state index in [1.165, 1.54) is 47.4 Å². The molecule has 0 bridgehead atoms. The Morgan fingerprint density at radius 1 is 0.851 bits per heavy atom. The van der Waals surface area contributed by atoms with E-state index < -0.39 is 39.3 Å². The smallest absolute Gasteiger partial charge is 0.271 e. The SMILES string of the molecule is CC(C)CNC(=O)[C@@H](Cc1ccccc1)N(Cc1ccc(Cl)c(Cl)c1)C(=O)CN(c1cccc([N+](=O)[O-])c1)S(=O)(=O)c1ccccc1. The molecule has 0 saturated carbocycles. The first-order valence-corrected chi connectivity index (χ1v) is 16.9. The van der Waals surface area contributed by atoms with Crippen molar-refractivity contribution in [2.45, 2.75) is 37.8 Å². The van der Waals surface area contributed by atoms with Gasteiger partial charge >= 0.3 is 0 Å². The van der Waals surface area contributed by atoms with Crippen molar-refractivity contribution in [2.24, 2.45) is 5.92 Å². The number of hydrogen-bond acceptors (Lipinski definition) is 6. The third kappa shape index (κ3) is 9.31. The molecule has 1 N–H and O–H groups in total. The van der Waals surface area contributed by atoms with Gasteiger partial charge in [0.1, 0.15) is 12.6 Å². The molecule has 4 aromatic carbocycles. The van der Waals surface area contributed by atoms with Gasteiger partial charge in [0.25, 0.3) is 15.7 Å². The van der Waals surface area contributed by atoms with Gasteiger partial charge in [-0.3, -0.25) is 24.0 Å². The van der Waals surface area contributed by atoms with Gasteiger partial charge in [0.15, 0.2) is 0 Å². The summed E-state index contributed by atoms with van der Waals surface area (Å²) in [7, 11) is -4.41. The van der Waals surface area contributed by atoms with Crippen LogP contribution in [0.5, 0.6) is 0 Å². The van der Waals surface area contributed by atoms with E-state index in [-0.39, 0.29) is 40.2 Å². The number of nitrogens with one attached hydrogen (secondary N) is 1. The van der Waals surface area contributed by atoms with Crippen molar-refractivity contribution in [1.29, 1.82) is 0 Å². The van der Waals surface area contributed by atoms with Gasteiger partial charge in [0, 0.05) is 31.6 Å². The van der Waals surface area contributed by atoms with E-state index in [0.29, 0.717) is 17.1 Å². The maximum Gasteiger partial charge on any atom is 0.271 e. The molecule has 0 aliphatic heterocycles. The van der Waals surface area contributed by atoms with Crippen LogP contribution in [0.25, 0.3) is 0 Å². The second kappa shape index (κ2) is 15.9. The molecule has 0 spiro atoms. The number of rotatable bonds is 14. The molecule has 0 radical (unpaired) electrons. The minimum absolute atomic E-state index is 0.0882. The molecule has 4 rings (SSSR count). The summed E-state index contributed by atoms with van der Waals surface area (Å²) in [5.74, 6) is -1.03. The number of carbonyl (C=O) groups excluding carboxylic acids is 2. The normalized spacial score (nSPS) is 11.9. The summed E-state index contributed by atoms with van der Waals surface area (Å²) in [4.78, 5) is 40.5. The highest BCUT2D eigenvalue weighted by Crippen LogP contribution is 2.29. The number of nitrogens with zero attached hydrogens (tertiary/aromatic N) is 3. The Morgan fingerprint density at radius 3 is 2.13 bits per heavy atom. The number of nitro groups is 1. The maximum atomic E-state index is 14.5. The van der Waals surface area contributed by atoms with Crippen LogP contribution in [0.4, 0.5) is 11.4 Å². The molecule has 4 aromatic rings. The predicted molar refractivity (Wildman–Crippen MR) is 183 cm³/mol. The minimum atomic E-state index is -4.41. The zero-order valence-corrected chi connectivity index (χ0v) is 28.1. The summed E-state index contributed by atoms with van der Waals surface area (Å²) in [5, 5.41) is 15.1. The number of nitro benzene ring substituents is 1. The summed E-state index contributed by atoms with van der Waals surface area (Å²) in [6.07, 6.45) is 0.125. The topological polar surface area (TPSA) is 130 Å². The van der Waals surface area contributed by atoms with E-state index in [0.717, 1.165) is 15.9 Å². The Labute approximate surface area is 284 Å². The Hall–Kier alpha value is -4.45. The standard InChI is InChI=1S/C34H34Cl2N4O6S/c1-24(2)21-37-34(42)32(19-25-10-5-3-6-11-25)38(22-26-16-17-30(35)31(36)18-26)33(41)23-39(27-12-9-13-28(20-27)40(43)44)47(45,46)29-14-7-4-8-15-29/h3-18,20,24,32H,19,21-23H2,1-2H3,(H,37,42)/t32-/m1/s1. The minimum Gasteiger partial charge on any atom is -0.354 e. The molecule has 0 heterocycles. The van der Waals surface area contributed by atoms with E-state index in [1.54, 1.807) is 24.3 Å². The molecule has 10 nitrogen and oxygen atoms in total. The van der Waals surface area contributed by atoms with Gasteiger partial charge in [-0.2, -0.15) is 0 Å². The monoisotopic (exact) mass is 696 g/mol. The van der Waals surface area contributed by atoms with Gasteiger partial charge < -0.3 is 10.2 Å². The lowest BCUT2D eigenvalue weighted by Gasteiger charge is -2.34. The van der Waals surface area contributed by atoms with Crippen LogP contribution >= 0.6 is 23.2 Å². The molecule has 0 unspecified atom stereocenters. The number of halogens is 2. The number of hydrogen-bond donors (Lipinski definition) is 1. The van der Waals surface area contributed by atoms with Crippen molar-refractivity contribution in [3.63, 3.8) is 0 Å². The highest BCUT2D eigenvalue weighted by molar-refractivity contribution is 7.92. The van der Waals surface area contributed by atoms with Gasteiger partial charge in [-0.15, -0.1) is 0 Å². The molecular weight excluding hydrogens is 663 g/mol. The quantitative estimate of drug-likeness (QED) is 0.118. The van der Waals surface area contributed by atoms with Crippen LogP contribution in [0.1, 0.15) is 25.0 Å². The Balaban J connectivity index is 1.83. The number of benzene rings is 4. The third-order valence-electron chi connectivity index (χ3n) is 7.23. The van der Waals surface area contributed by atoms with Crippen LogP contribution in [0.2, 0.25) is 10.0 Å². The van der Waals surface area contributed by atoms with Gasteiger partial charge in [0.05, 0.1) is 25.6 Å². The summed E-state index contributed by atoms with van der Waals surface area (Å²) in [6, 6.07) is 25.4. The largest absolute Gasteiger partial charge is 0.354 e. The highest BCUT2D eigenvalue weighted by atomic mass is 35.5. The van der Waals surface area contributed by atoms with E-state index >= 15 is 0 Å². The lowest BCUT2D eigenvalue weighted by Crippen LogP contribution is -2.53.